The number of hydrogen-bond acceptors (Lipinski definition) is 6. The number of methoxy groups -OCH3 is 1. The number of likely N-dealkylation sites (N-methyl/N-ethyl adjacent to an activating group) is 1. The van der Waals surface area contributed by atoms with Crippen LogP contribution in [0.5, 0.6) is 0 Å². The number of carbonyl (C=O) groups excluding carboxylic acids is 3. The highest BCUT2D eigenvalue weighted by Crippen LogP contribution is 2.28. The monoisotopic (exact) mass is 292 g/mol. The third-order valence-corrected chi connectivity index (χ3v) is 3.40. The summed E-state index contributed by atoms with van der Waals surface area (Å²) in [6, 6.07) is 6.57. The third-order valence-electron chi connectivity index (χ3n) is 3.40. The van der Waals surface area contributed by atoms with E-state index in [4.69, 9.17) is 0 Å². The van der Waals surface area contributed by atoms with Crippen LogP contribution in [-0.2, 0) is 19.1 Å². The van der Waals surface area contributed by atoms with Crippen LogP contribution in [0.2, 0.25) is 0 Å². The van der Waals surface area contributed by atoms with Crippen LogP contribution >= 0.6 is 0 Å². The van der Waals surface area contributed by atoms with Crippen LogP contribution in [-0.4, -0.2) is 55.0 Å². The number of para-hydroxylation sites is 1. The van der Waals surface area contributed by atoms with Crippen LogP contribution < -0.4 is 4.90 Å². The average Bonchev–Trinajstić information content (AvgIpc) is 2.50. The van der Waals surface area contributed by atoms with E-state index in [1.165, 1.54) is 19.1 Å². The van der Waals surface area contributed by atoms with Gasteiger partial charge in [-0.1, -0.05) is 18.2 Å². The minimum atomic E-state index is -1.46. The molecular weight excluding hydrogens is 276 g/mol. The lowest BCUT2D eigenvalue weighted by Gasteiger charge is -2.33. The number of benzene rings is 1. The summed E-state index contributed by atoms with van der Waals surface area (Å²) in [5.41, 5.74) is 0.764. The lowest BCUT2D eigenvalue weighted by atomic mass is 10.1. The van der Waals surface area contributed by atoms with Gasteiger partial charge in [-0.05, 0) is 6.07 Å². The number of nitrogens with zero attached hydrogens (tertiary/aromatic N) is 2. The van der Waals surface area contributed by atoms with Crippen molar-refractivity contribution < 1.29 is 24.2 Å². The zero-order valence-electron chi connectivity index (χ0n) is 11.8. The van der Waals surface area contributed by atoms with Crippen molar-refractivity contribution in [2.24, 2.45) is 0 Å². The van der Waals surface area contributed by atoms with Crippen LogP contribution in [0.25, 0.3) is 0 Å². The van der Waals surface area contributed by atoms with E-state index < -0.39 is 12.1 Å². The molecule has 0 aliphatic carbocycles. The minimum Gasteiger partial charge on any atom is -0.467 e. The number of rotatable bonds is 3. The Bertz CT molecular complexity index is 568. The molecule has 1 aliphatic rings. The second kappa shape index (κ2) is 5.92. The molecule has 112 valence electrons. The van der Waals surface area contributed by atoms with Gasteiger partial charge in [0, 0.05) is 18.3 Å². The number of anilines is 1. The number of amides is 2. The molecule has 0 bridgehead atoms. The summed E-state index contributed by atoms with van der Waals surface area (Å²) < 4.78 is 4.52. The van der Waals surface area contributed by atoms with Gasteiger partial charge in [-0.15, -0.1) is 0 Å². The Kier molecular flexibility index (Phi) is 4.23. The molecule has 1 aromatic rings. The Morgan fingerprint density at radius 1 is 1.24 bits per heavy atom. The van der Waals surface area contributed by atoms with Gasteiger partial charge in [0.25, 0.3) is 0 Å². The van der Waals surface area contributed by atoms with Gasteiger partial charge in [0.2, 0.25) is 11.8 Å². The zero-order chi connectivity index (χ0) is 15.6. The molecule has 1 saturated heterocycles. The molecule has 1 unspecified atom stereocenters. The molecular formula is C14H16N2O5. The van der Waals surface area contributed by atoms with Gasteiger partial charge in [-0.2, -0.15) is 0 Å². The van der Waals surface area contributed by atoms with Gasteiger partial charge in [0.15, 0.2) is 6.10 Å². The van der Waals surface area contributed by atoms with Gasteiger partial charge < -0.3 is 14.7 Å². The summed E-state index contributed by atoms with van der Waals surface area (Å²) >= 11 is 0. The summed E-state index contributed by atoms with van der Waals surface area (Å²) in [4.78, 5) is 37.6. The van der Waals surface area contributed by atoms with E-state index in [2.05, 4.69) is 4.74 Å². The van der Waals surface area contributed by atoms with Gasteiger partial charge >= 0.3 is 5.97 Å². The Morgan fingerprint density at radius 2 is 1.81 bits per heavy atom. The number of imide groups is 1. The van der Waals surface area contributed by atoms with Crippen LogP contribution in [0.1, 0.15) is 11.7 Å². The first-order valence-corrected chi connectivity index (χ1v) is 6.35. The highest BCUT2D eigenvalue weighted by Gasteiger charge is 2.31. The highest BCUT2D eigenvalue weighted by molar-refractivity contribution is 6.02. The van der Waals surface area contributed by atoms with Crippen molar-refractivity contribution in [3.63, 3.8) is 0 Å². The number of hydrogen-bond donors (Lipinski definition) is 1. The molecule has 0 saturated carbocycles. The minimum absolute atomic E-state index is 0.00709. The molecule has 7 nitrogen and oxygen atoms in total. The van der Waals surface area contributed by atoms with Crippen molar-refractivity contribution in [3.05, 3.63) is 29.8 Å². The maximum atomic E-state index is 11.8. The fourth-order valence-electron chi connectivity index (χ4n) is 2.15. The Balaban J connectivity index is 2.34. The lowest BCUT2D eigenvalue weighted by Crippen LogP contribution is -2.52. The van der Waals surface area contributed by atoms with Crippen molar-refractivity contribution in [1.82, 2.24) is 4.90 Å². The van der Waals surface area contributed by atoms with Gasteiger partial charge in [0.05, 0.1) is 20.2 Å². The number of aliphatic hydroxyl groups is 1. The molecule has 0 spiro atoms. The van der Waals surface area contributed by atoms with Crippen LogP contribution in [0.3, 0.4) is 0 Å². The topological polar surface area (TPSA) is 87.2 Å². The molecule has 1 aromatic carbocycles. The zero-order valence-corrected chi connectivity index (χ0v) is 11.8. The van der Waals surface area contributed by atoms with Crippen molar-refractivity contribution in [2.75, 3.05) is 32.1 Å². The highest BCUT2D eigenvalue weighted by atomic mass is 16.5. The Hall–Kier alpha value is -2.41. The number of esters is 1. The van der Waals surface area contributed by atoms with Crippen molar-refractivity contribution >= 4 is 23.5 Å². The number of carbonyl (C=O) groups is 3. The first kappa shape index (κ1) is 15.0. The van der Waals surface area contributed by atoms with Gasteiger partial charge in [-0.25, -0.2) is 4.79 Å². The number of aliphatic hydroxyl groups excluding tert-OH is 1. The summed E-state index contributed by atoms with van der Waals surface area (Å²) in [7, 11) is 2.61. The molecule has 21 heavy (non-hydrogen) atoms. The van der Waals surface area contributed by atoms with Crippen molar-refractivity contribution in [3.8, 4) is 0 Å². The standard InChI is InChI=1S/C14H16N2O5/c1-15-11(17)7-16(8-12(15)18)10-6-4-3-5-9(10)13(19)14(20)21-2/h3-6,13,19H,7-8H2,1-2H3. The molecule has 0 radical (unpaired) electrons. The second-order valence-corrected chi connectivity index (χ2v) is 4.69. The van der Waals surface area contributed by atoms with E-state index in [-0.39, 0.29) is 24.9 Å². The van der Waals surface area contributed by atoms with E-state index in [9.17, 15) is 19.5 Å². The van der Waals surface area contributed by atoms with Gasteiger partial charge in [0.1, 0.15) is 0 Å². The van der Waals surface area contributed by atoms with Crippen LogP contribution in [0, 0.1) is 0 Å². The molecule has 2 amide bonds. The second-order valence-electron chi connectivity index (χ2n) is 4.69. The molecule has 7 heteroatoms. The van der Waals surface area contributed by atoms with Crippen LogP contribution in [0.15, 0.2) is 24.3 Å². The quantitative estimate of drug-likeness (QED) is 0.608. The van der Waals surface area contributed by atoms with E-state index in [0.29, 0.717) is 11.3 Å². The SMILES string of the molecule is COC(=O)C(O)c1ccccc1N1CC(=O)N(C)C(=O)C1. The molecule has 1 aliphatic heterocycles. The maximum Gasteiger partial charge on any atom is 0.339 e. The van der Waals surface area contributed by atoms with E-state index in [1.807, 2.05) is 0 Å². The first-order valence-electron chi connectivity index (χ1n) is 6.35. The summed E-state index contributed by atoms with van der Waals surface area (Å²) in [5, 5.41) is 10.0. The number of piperazine rings is 1. The largest absolute Gasteiger partial charge is 0.467 e. The van der Waals surface area contributed by atoms with E-state index >= 15 is 0 Å². The van der Waals surface area contributed by atoms with Crippen molar-refractivity contribution in [1.29, 1.82) is 0 Å². The Labute approximate surface area is 121 Å². The van der Waals surface area contributed by atoms with E-state index in [1.54, 1.807) is 24.3 Å². The summed E-state index contributed by atoms with van der Waals surface area (Å²) in [5.74, 6) is -1.48. The molecule has 1 atom stereocenters. The average molecular weight is 292 g/mol. The lowest BCUT2D eigenvalue weighted by molar-refractivity contribution is -0.150. The predicted molar refractivity (Wildman–Crippen MR) is 73.4 cm³/mol. The van der Waals surface area contributed by atoms with Gasteiger partial charge in [-0.3, -0.25) is 14.5 Å². The molecule has 1 fully saturated rings. The van der Waals surface area contributed by atoms with Crippen LogP contribution in [0.4, 0.5) is 5.69 Å². The summed E-state index contributed by atoms with van der Waals surface area (Å²) in [6.07, 6.45) is -1.46. The normalized spacial score (nSPS) is 16.9. The predicted octanol–water partition coefficient (Wildman–Crippen LogP) is -0.302. The first-order chi connectivity index (χ1) is 9.95. The Morgan fingerprint density at radius 3 is 2.38 bits per heavy atom. The maximum absolute atomic E-state index is 11.8. The molecule has 1 N–H and O–H groups in total. The van der Waals surface area contributed by atoms with Crippen molar-refractivity contribution in [2.45, 2.75) is 6.10 Å². The fraction of sp³-hybridized carbons (Fsp3) is 0.357. The molecule has 2 rings (SSSR count). The molecule has 1 heterocycles. The molecule has 0 aromatic heterocycles. The number of ether oxygens (including phenoxy) is 1. The third kappa shape index (κ3) is 2.87. The fourth-order valence-corrected chi connectivity index (χ4v) is 2.15. The smallest absolute Gasteiger partial charge is 0.339 e. The summed E-state index contributed by atoms with van der Waals surface area (Å²) in [6.45, 7) is 0.0142. The van der Waals surface area contributed by atoms with E-state index in [0.717, 1.165) is 4.90 Å².